The lowest BCUT2D eigenvalue weighted by atomic mass is 10.1. The quantitative estimate of drug-likeness (QED) is 0.853. The van der Waals surface area contributed by atoms with Gasteiger partial charge in [0.05, 0.1) is 18.2 Å². The third-order valence-corrected chi connectivity index (χ3v) is 3.46. The summed E-state index contributed by atoms with van der Waals surface area (Å²) in [7, 11) is 0. The molecule has 0 fully saturated rings. The SMILES string of the molecule is O=C(OCc1ccccc1)N1CCCC=C1c1ccoc1. The summed E-state index contributed by atoms with van der Waals surface area (Å²) in [6.07, 6.45) is 6.90. The molecule has 4 nitrogen and oxygen atoms in total. The molecular weight excluding hydrogens is 266 g/mol. The maximum Gasteiger partial charge on any atom is 0.414 e. The minimum Gasteiger partial charge on any atom is -0.472 e. The van der Waals surface area contributed by atoms with Crippen LogP contribution < -0.4 is 0 Å². The van der Waals surface area contributed by atoms with E-state index < -0.39 is 0 Å². The molecule has 0 spiro atoms. The van der Waals surface area contributed by atoms with Crippen LogP contribution in [0.4, 0.5) is 4.79 Å². The van der Waals surface area contributed by atoms with Gasteiger partial charge in [0.2, 0.25) is 0 Å². The van der Waals surface area contributed by atoms with E-state index in [9.17, 15) is 4.79 Å². The van der Waals surface area contributed by atoms with E-state index in [1.54, 1.807) is 17.4 Å². The highest BCUT2D eigenvalue weighted by molar-refractivity contribution is 5.82. The summed E-state index contributed by atoms with van der Waals surface area (Å²) in [5.41, 5.74) is 2.76. The zero-order valence-corrected chi connectivity index (χ0v) is 11.7. The molecule has 0 aliphatic carbocycles. The van der Waals surface area contributed by atoms with Gasteiger partial charge in [0.1, 0.15) is 6.61 Å². The number of nitrogens with zero attached hydrogens (tertiary/aromatic N) is 1. The molecule has 0 bridgehead atoms. The van der Waals surface area contributed by atoms with Crippen LogP contribution in [-0.4, -0.2) is 17.5 Å². The second-order valence-electron chi connectivity index (χ2n) is 4.94. The van der Waals surface area contributed by atoms with Crippen LogP contribution in [0.25, 0.3) is 5.70 Å². The van der Waals surface area contributed by atoms with Crippen molar-refractivity contribution in [3.8, 4) is 0 Å². The second kappa shape index (κ2) is 6.31. The summed E-state index contributed by atoms with van der Waals surface area (Å²) in [4.78, 5) is 14.0. The Hall–Kier alpha value is -2.49. The molecule has 0 unspecified atom stereocenters. The molecule has 0 saturated heterocycles. The summed E-state index contributed by atoms with van der Waals surface area (Å²) in [6.45, 7) is 0.958. The first-order chi connectivity index (χ1) is 10.3. The molecule has 21 heavy (non-hydrogen) atoms. The Balaban J connectivity index is 1.68. The molecule has 2 aromatic rings. The van der Waals surface area contributed by atoms with Crippen LogP contribution in [0.5, 0.6) is 0 Å². The number of ether oxygens (including phenoxy) is 1. The zero-order valence-electron chi connectivity index (χ0n) is 11.7. The van der Waals surface area contributed by atoms with Gasteiger partial charge >= 0.3 is 6.09 Å². The normalized spacial score (nSPS) is 14.7. The highest BCUT2D eigenvalue weighted by Gasteiger charge is 2.23. The van der Waals surface area contributed by atoms with Gasteiger partial charge in [-0.2, -0.15) is 0 Å². The summed E-state index contributed by atoms with van der Waals surface area (Å²) in [5.74, 6) is 0. The fourth-order valence-electron chi connectivity index (χ4n) is 2.39. The fourth-order valence-corrected chi connectivity index (χ4v) is 2.39. The minimum atomic E-state index is -0.314. The molecule has 1 aliphatic heterocycles. The van der Waals surface area contributed by atoms with Crippen molar-refractivity contribution >= 4 is 11.8 Å². The standard InChI is InChI=1S/C17H17NO3/c19-17(21-12-14-6-2-1-3-7-14)18-10-5-4-8-16(18)15-9-11-20-13-15/h1-3,6-9,11,13H,4-5,10,12H2. The maximum atomic E-state index is 12.3. The third kappa shape index (κ3) is 3.16. The van der Waals surface area contributed by atoms with E-state index in [0.717, 1.165) is 29.7 Å². The van der Waals surface area contributed by atoms with Crippen LogP contribution >= 0.6 is 0 Å². The molecule has 108 valence electrons. The number of rotatable bonds is 3. The van der Waals surface area contributed by atoms with E-state index in [1.165, 1.54) is 0 Å². The molecule has 0 N–H and O–H groups in total. The van der Waals surface area contributed by atoms with Crippen molar-refractivity contribution in [1.82, 2.24) is 4.90 Å². The summed E-state index contributed by atoms with van der Waals surface area (Å²) in [5, 5.41) is 0. The summed E-state index contributed by atoms with van der Waals surface area (Å²) < 4.78 is 10.5. The number of allylic oxidation sites excluding steroid dienone is 1. The lowest BCUT2D eigenvalue weighted by Gasteiger charge is -2.27. The molecule has 1 aromatic heterocycles. The third-order valence-electron chi connectivity index (χ3n) is 3.46. The first-order valence-corrected chi connectivity index (χ1v) is 7.05. The summed E-state index contributed by atoms with van der Waals surface area (Å²) >= 11 is 0. The average Bonchev–Trinajstić information content (AvgIpc) is 3.08. The average molecular weight is 283 g/mol. The van der Waals surface area contributed by atoms with Crippen LogP contribution in [0.3, 0.4) is 0 Å². The van der Waals surface area contributed by atoms with E-state index in [1.807, 2.05) is 36.4 Å². The summed E-state index contributed by atoms with van der Waals surface area (Å²) in [6, 6.07) is 11.5. The lowest BCUT2D eigenvalue weighted by molar-refractivity contribution is 0.112. The largest absolute Gasteiger partial charge is 0.472 e. The lowest BCUT2D eigenvalue weighted by Crippen LogP contribution is -2.32. The van der Waals surface area contributed by atoms with Gasteiger partial charge in [0.15, 0.2) is 0 Å². The van der Waals surface area contributed by atoms with Crippen LogP contribution in [0.1, 0.15) is 24.0 Å². The van der Waals surface area contributed by atoms with Crippen molar-refractivity contribution in [3.05, 3.63) is 66.1 Å². The van der Waals surface area contributed by atoms with Gasteiger partial charge in [-0.25, -0.2) is 4.79 Å². The van der Waals surface area contributed by atoms with Crippen LogP contribution in [-0.2, 0) is 11.3 Å². The number of benzene rings is 1. The highest BCUT2D eigenvalue weighted by atomic mass is 16.6. The maximum absolute atomic E-state index is 12.3. The van der Waals surface area contributed by atoms with Crippen molar-refractivity contribution in [2.75, 3.05) is 6.54 Å². The van der Waals surface area contributed by atoms with Gasteiger partial charge in [-0.1, -0.05) is 36.4 Å². The van der Waals surface area contributed by atoms with Crippen LogP contribution in [0.15, 0.2) is 59.4 Å². The topological polar surface area (TPSA) is 42.7 Å². The van der Waals surface area contributed by atoms with Gasteiger partial charge in [-0.3, -0.25) is 4.90 Å². The Bertz CT molecular complexity index is 617. The van der Waals surface area contributed by atoms with Crippen molar-refractivity contribution in [1.29, 1.82) is 0 Å². The van der Waals surface area contributed by atoms with Crippen molar-refractivity contribution < 1.29 is 13.9 Å². The molecule has 3 rings (SSSR count). The number of carbonyl (C=O) groups is 1. The predicted molar refractivity (Wildman–Crippen MR) is 79.3 cm³/mol. The van der Waals surface area contributed by atoms with Gasteiger partial charge in [0.25, 0.3) is 0 Å². The molecule has 1 amide bonds. The Morgan fingerprint density at radius 3 is 2.86 bits per heavy atom. The van der Waals surface area contributed by atoms with Gasteiger partial charge in [-0.05, 0) is 24.5 Å². The van der Waals surface area contributed by atoms with Crippen LogP contribution in [0, 0.1) is 0 Å². The van der Waals surface area contributed by atoms with Crippen molar-refractivity contribution in [2.24, 2.45) is 0 Å². The van der Waals surface area contributed by atoms with E-state index in [2.05, 4.69) is 6.08 Å². The Morgan fingerprint density at radius 1 is 1.24 bits per heavy atom. The number of furan rings is 1. The second-order valence-corrected chi connectivity index (χ2v) is 4.94. The molecule has 0 atom stereocenters. The van der Waals surface area contributed by atoms with E-state index in [-0.39, 0.29) is 12.7 Å². The Morgan fingerprint density at radius 2 is 2.10 bits per heavy atom. The van der Waals surface area contributed by atoms with Gasteiger partial charge < -0.3 is 9.15 Å². The molecule has 0 saturated carbocycles. The predicted octanol–water partition coefficient (Wildman–Crippen LogP) is 4.05. The Labute approximate surface area is 123 Å². The van der Waals surface area contributed by atoms with E-state index in [0.29, 0.717) is 6.54 Å². The number of hydrogen-bond acceptors (Lipinski definition) is 3. The van der Waals surface area contributed by atoms with Crippen LogP contribution in [0.2, 0.25) is 0 Å². The van der Waals surface area contributed by atoms with Crippen molar-refractivity contribution in [3.63, 3.8) is 0 Å². The zero-order chi connectivity index (χ0) is 14.5. The first kappa shape index (κ1) is 13.5. The fraction of sp³-hybridized carbons (Fsp3) is 0.235. The molecule has 4 heteroatoms. The highest BCUT2D eigenvalue weighted by Crippen LogP contribution is 2.26. The molecule has 1 aromatic carbocycles. The number of hydrogen-bond donors (Lipinski definition) is 0. The van der Waals surface area contributed by atoms with Gasteiger partial charge in [0, 0.05) is 12.1 Å². The molecular formula is C17H17NO3. The molecule has 2 heterocycles. The monoisotopic (exact) mass is 283 g/mol. The van der Waals surface area contributed by atoms with Gasteiger partial charge in [-0.15, -0.1) is 0 Å². The minimum absolute atomic E-state index is 0.287. The molecule has 0 radical (unpaired) electrons. The number of carbonyl (C=O) groups excluding carboxylic acids is 1. The Kier molecular flexibility index (Phi) is 4.05. The number of amides is 1. The molecule has 1 aliphatic rings. The first-order valence-electron chi connectivity index (χ1n) is 7.05. The van der Waals surface area contributed by atoms with E-state index in [4.69, 9.17) is 9.15 Å². The van der Waals surface area contributed by atoms with Crippen molar-refractivity contribution in [2.45, 2.75) is 19.4 Å². The smallest absolute Gasteiger partial charge is 0.414 e. The van der Waals surface area contributed by atoms with E-state index >= 15 is 0 Å².